The van der Waals surface area contributed by atoms with Crippen LogP contribution in [0.15, 0.2) is 47.6 Å². The fourth-order valence-corrected chi connectivity index (χ4v) is 2.91. The first-order chi connectivity index (χ1) is 12.2. The summed E-state index contributed by atoms with van der Waals surface area (Å²) in [5, 5.41) is 16.7. The Bertz CT molecular complexity index is 720. The molecule has 25 heavy (non-hydrogen) atoms. The number of rotatable bonds is 5. The SMILES string of the molecule is COc1cccc(/C=N/N2CCN(Cc3ccc(C)cc3)CC2)c1O. The van der Waals surface area contributed by atoms with E-state index in [0.29, 0.717) is 11.3 Å². The molecule has 5 heteroatoms. The maximum atomic E-state index is 10.1. The lowest BCUT2D eigenvalue weighted by Crippen LogP contribution is -2.43. The summed E-state index contributed by atoms with van der Waals surface area (Å²) in [5.41, 5.74) is 3.31. The van der Waals surface area contributed by atoms with Gasteiger partial charge in [0.1, 0.15) is 0 Å². The lowest BCUT2D eigenvalue weighted by molar-refractivity contribution is 0.131. The number of hydrazone groups is 1. The summed E-state index contributed by atoms with van der Waals surface area (Å²) >= 11 is 0. The maximum Gasteiger partial charge on any atom is 0.166 e. The van der Waals surface area contributed by atoms with Crippen molar-refractivity contribution in [2.45, 2.75) is 13.5 Å². The Labute approximate surface area is 149 Å². The topological polar surface area (TPSA) is 48.3 Å². The van der Waals surface area contributed by atoms with Gasteiger partial charge in [0.05, 0.1) is 13.3 Å². The van der Waals surface area contributed by atoms with E-state index in [1.807, 2.05) is 17.1 Å². The van der Waals surface area contributed by atoms with Crippen LogP contribution < -0.4 is 4.74 Å². The molecule has 0 aromatic heterocycles. The van der Waals surface area contributed by atoms with Crippen molar-refractivity contribution in [1.29, 1.82) is 0 Å². The van der Waals surface area contributed by atoms with Crippen LogP contribution >= 0.6 is 0 Å². The van der Waals surface area contributed by atoms with E-state index >= 15 is 0 Å². The Hall–Kier alpha value is -2.53. The molecule has 1 heterocycles. The minimum atomic E-state index is 0.131. The monoisotopic (exact) mass is 339 g/mol. The molecule has 1 aliphatic rings. The first kappa shape index (κ1) is 17.3. The lowest BCUT2D eigenvalue weighted by Gasteiger charge is -2.33. The minimum absolute atomic E-state index is 0.131. The van der Waals surface area contributed by atoms with Crippen LogP contribution in [0.25, 0.3) is 0 Å². The van der Waals surface area contributed by atoms with Crippen LogP contribution in [0.3, 0.4) is 0 Å². The van der Waals surface area contributed by atoms with E-state index in [4.69, 9.17) is 4.74 Å². The zero-order valence-corrected chi connectivity index (χ0v) is 14.9. The standard InChI is InChI=1S/C20H25N3O2/c1-16-6-8-17(9-7-16)15-22-10-12-23(13-11-22)21-14-18-4-3-5-19(25-2)20(18)24/h3-9,14,24H,10-13,15H2,1-2H3/b21-14+. The number of piperazine rings is 1. The highest BCUT2D eigenvalue weighted by Crippen LogP contribution is 2.28. The predicted octanol–water partition coefficient (Wildman–Crippen LogP) is 2.86. The van der Waals surface area contributed by atoms with Crippen molar-refractivity contribution in [3.05, 3.63) is 59.2 Å². The van der Waals surface area contributed by atoms with Gasteiger partial charge < -0.3 is 9.84 Å². The number of nitrogens with zero attached hydrogens (tertiary/aromatic N) is 3. The normalized spacial score (nSPS) is 15.7. The van der Waals surface area contributed by atoms with Crippen LogP contribution in [-0.4, -0.2) is 54.5 Å². The molecule has 0 radical (unpaired) electrons. The number of phenols is 1. The summed E-state index contributed by atoms with van der Waals surface area (Å²) in [6.07, 6.45) is 1.70. The molecular weight excluding hydrogens is 314 g/mol. The highest BCUT2D eigenvalue weighted by molar-refractivity contribution is 5.84. The summed E-state index contributed by atoms with van der Waals surface area (Å²) in [4.78, 5) is 2.44. The smallest absolute Gasteiger partial charge is 0.166 e. The van der Waals surface area contributed by atoms with E-state index < -0.39 is 0 Å². The largest absolute Gasteiger partial charge is 0.504 e. The number of benzene rings is 2. The fourth-order valence-electron chi connectivity index (χ4n) is 2.91. The van der Waals surface area contributed by atoms with Crippen LogP contribution in [0.1, 0.15) is 16.7 Å². The van der Waals surface area contributed by atoms with Gasteiger partial charge in [-0.05, 0) is 24.6 Å². The molecule has 0 bridgehead atoms. The zero-order chi connectivity index (χ0) is 17.6. The van der Waals surface area contributed by atoms with E-state index in [9.17, 15) is 5.11 Å². The van der Waals surface area contributed by atoms with Gasteiger partial charge in [-0.2, -0.15) is 5.10 Å². The number of aryl methyl sites for hydroxylation is 1. The Morgan fingerprint density at radius 2 is 1.80 bits per heavy atom. The molecule has 1 N–H and O–H groups in total. The number of hydrogen-bond donors (Lipinski definition) is 1. The second-order valence-corrected chi connectivity index (χ2v) is 6.36. The van der Waals surface area contributed by atoms with Crippen LogP contribution in [0.5, 0.6) is 11.5 Å². The summed E-state index contributed by atoms with van der Waals surface area (Å²) in [6, 6.07) is 14.1. The van der Waals surface area contributed by atoms with Crippen molar-refractivity contribution in [2.75, 3.05) is 33.3 Å². The Kier molecular flexibility index (Phi) is 5.56. The zero-order valence-electron chi connectivity index (χ0n) is 14.9. The number of methoxy groups -OCH3 is 1. The molecule has 5 nitrogen and oxygen atoms in total. The summed E-state index contributed by atoms with van der Waals surface area (Å²) < 4.78 is 5.12. The molecule has 2 aromatic rings. The van der Waals surface area contributed by atoms with Crippen molar-refractivity contribution < 1.29 is 9.84 Å². The lowest BCUT2D eigenvalue weighted by atomic mass is 10.1. The average molecular weight is 339 g/mol. The van der Waals surface area contributed by atoms with E-state index in [-0.39, 0.29) is 5.75 Å². The minimum Gasteiger partial charge on any atom is -0.504 e. The van der Waals surface area contributed by atoms with Gasteiger partial charge in [-0.3, -0.25) is 9.91 Å². The molecule has 0 saturated carbocycles. The number of ether oxygens (including phenoxy) is 1. The molecule has 2 aromatic carbocycles. The third-order valence-corrected chi connectivity index (χ3v) is 4.49. The Morgan fingerprint density at radius 3 is 2.48 bits per heavy atom. The summed E-state index contributed by atoms with van der Waals surface area (Å²) in [7, 11) is 1.54. The third kappa shape index (κ3) is 4.51. The Morgan fingerprint density at radius 1 is 1.08 bits per heavy atom. The fraction of sp³-hybridized carbons (Fsp3) is 0.350. The molecular formula is C20H25N3O2. The quantitative estimate of drug-likeness (QED) is 0.851. The van der Waals surface area contributed by atoms with Gasteiger partial charge >= 0.3 is 0 Å². The Balaban J connectivity index is 1.53. The average Bonchev–Trinajstić information content (AvgIpc) is 2.64. The van der Waals surface area contributed by atoms with Crippen LogP contribution in [-0.2, 0) is 6.54 Å². The first-order valence-corrected chi connectivity index (χ1v) is 8.58. The molecule has 0 spiro atoms. The van der Waals surface area contributed by atoms with Crippen LogP contribution in [0.4, 0.5) is 0 Å². The van der Waals surface area contributed by atoms with E-state index in [1.54, 1.807) is 19.4 Å². The van der Waals surface area contributed by atoms with Gasteiger partial charge in [0.25, 0.3) is 0 Å². The molecule has 0 aliphatic carbocycles. The number of hydrogen-bond acceptors (Lipinski definition) is 5. The maximum absolute atomic E-state index is 10.1. The molecule has 132 valence electrons. The van der Waals surface area contributed by atoms with Crippen molar-refractivity contribution >= 4 is 6.21 Å². The number of phenolic OH excluding ortho intramolecular Hbond substituents is 1. The molecule has 1 fully saturated rings. The van der Waals surface area contributed by atoms with Crippen LogP contribution in [0, 0.1) is 6.92 Å². The van der Waals surface area contributed by atoms with Crippen molar-refractivity contribution in [2.24, 2.45) is 5.10 Å². The molecule has 3 rings (SSSR count). The van der Waals surface area contributed by atoms with Gasteiger partial charge in [0.2, 0.25) is 0 Å². The first-order valence-electron chi connectivity index (χ1n) is 8.58. The molecule has 1 saturated heterocycles. The van der Waals surface area contributed by atoms with Crippen LogP contribution in [0.2, 0.25) is 0 Å². The van der Waals surface area contributed by atoms with Crippen molar-refractivity contribution in [3.8, 4) is 11.5 Å². The second-order valence-electron chi connectivity index (χ2n) is 6.36. The van der Waals surface area contributed by atoms with E-state index in [1.165, 1.54) is 11.1 Å². The summed E-state index contributed by atoms with van der Waals surface area (Å²) in [6.45, 7) is 6.82. The molecule has 0 amide bonds. The number of para-hydroxylation sites is 1. The third-order valence-electron chi connectivity index (χ3n) is 4.49. The molecule has 0 atom stereocenters. The van der Waals surface area contributed by atoms with Gasteiger partial charge in [-0.1, -0.05) is 35.9 Å². The summed E-state index contributed by atoms with van der Waals surface area (Å²) in [5.74, 6) is 0.596. The predicted molar refractivity (Wildman–Crippen MR) is 100 cm³/mol. The van der Waals surface area contributed by atoms with Gasteiger partial charge in [0.15, 0.2) is 11.5 Å². The molecule has 1 aliphatic heterocycles. The van der Waals surface area contributed by atoms with Gasteiger partial charge in [0, 0.05) is 38.3 Å². The number of aromatic hydroxyl groups is 1. The highest BCUT2D eigenvalue weighted by atomic mass is 16.5. The second kappa shape index (κ2) is 8.03. The van der Waals surface area contributed by atoms with Crippen molar-refractivity contribution in [3.63, 3.8) is 0 Å². The van der Waals surface area contributed by atoms with Gasteiger partial charge in [-0.15, -0.1) is 0 Å². The van der Waals surface area contributed by atoms with E-state index in [0.717, 1.165) is 32.7 Å². The van der Waals surface area contributed by atoms with Crippen molar-refractivity contribution in [1.82, 2.24) is 9.91 Å². The highest BCUT2D eigenvalue weighted by Gasteiger charge is 2.15. The van der Waals surface area contributed by atoms with E-state index in [2.05, 4.69) is 41.2 Å². The molecule has 0 unspecified atom stereocenters. The van der Waals surface area contributed by atoms with Gasteiger partial charge in [-0.25, -0.2) is 0 Å².